The zero-order chi connectivity index (χ0) is 15.9. The Kier molecular flexibility index (Phi) is 6.31. The van der Waals surface area contributed by atoms with E-state index in [0.717, 1.165) is 18.4 Å². The zero-order valence-corrected chi connectivity index (χ0v) is 13.5. The molecule has 1 fully saturated rings. The molecule has 2 rings (SSSR count). The summed E-state index contributed by atoms with van der Waals surface area (Å²) in [6.45, 7) is 0. The summed E-state index contributed by atoms with van der Waals surface area (Å²) in [6, 6.07) is 9.85. The van der Waals surface area contributed by atoms with Crippen LogP contribution in [0, 0.1) is 11.8 Å². The Morgan fingerprint density at radius 1 is 1.27 bits per heavy atom. The molecular weight excluding hydrogens is 298 g/mol. The van der Waals surface area contributed by atoms with Crippen molar-refractivity contribution in [3.63, 3.8) is 0 Å². The van der Waals surface area contributed by atoms with Crippen LogP contribution in [0.15, 0.2) is 30.3 Å². The minimum atomic E-state index is -0.756. The number of nitrogens with one attached hydrogen (secondary N) is 1. The van der Waals surface area contributed by atoms with Gasteiger partial charge in [-0.05, 0) is 31.2 Å². The van der Waals surface area contributed by atoms with Crippen molar-refractivity contribution in [2.75, 3.05) is 5.75 Å². The number of carboxylic acids is 1. The Bertz CT molecular complexity index is 506. The molecular formula is C17H23NO3S. The topological polar surface area (TPSA) is 66.4 Å². The van der Waals surface area contributed by atoms with Gasteiger partial charge in [-0.25, -0.2) is 0 Å². The highest BCUT2D eigenvalue weighted by atomic mass is 32.1. The second kappa shape index (κ2) is 8.22. The van der Waals surface area contributed by atoms with Crippen molar-refractivity contribution in [1.82, 2.24) is 5.32 Å². The standard InChI is InChI=1S/C17H23NO3S/c19-16(14(11-22)9-12-5-2-1-3-6-12)18-15-8-4-7-13(10-15)17(20)21/h1-3,5-6,13-15,22H,4,7-11H2,(H,18,19)(H,20,21)/t13-,14?,15-/m1/s1. The van der Waals surface area contributed by atoms with Crippen molar-refractivity contribution in [3.8, 4) is 0 Å². The third-order valence-electron chi connectivity index (χ3n) is 4.29. The van der Waals surface area contributed by atoms with E-state index in [1.807, 2.05) is 30.3 Å². The molecule has 0 heterocycles. The summed E-state index contributed by atoms with van der Waals surface area (Å²) >= 11 is 4.30. The molecule has 0 radical (unpaired) electrons. The number of thiol groups is 1. The van der Waals surface area contributed by atoms with Gasteiger partial charge in [0.15, 0.2) is 0 Å². The number of amides is 1. The van der Waals surface area contributed by atoms with Crippen LogP contribution in [-0.4, -0.2) is 28.8 Å². The van der Waals surface area contributed by atoms with Crippen molar-refractivity contribution in [1.29, 1.82) is 0 Å². The minimum Gasteiger partial charge on any atom is -0.481 e. The van der Waals surface area contributed by atoms with Crippen molar-refractivity contribution in [2.24, 2.45) is 11.8 Å². The number of carbonyl (C=O) groups excluding carboxylic acids is 1. The Morgan fingerprint density at radius 3 is 2.64 bits per heavy atom. The summed E-state index contributed by atoms with van der Waals surface area (Å²) in [6.07, 6.45) is 3.62. The predicted octanol–water partition coefficient (Wildman–Crippen LogP) is 2.53. The van der Waals surface area contributed by atoms with Gasteiger partial charge in [-0.1, -0.05) is 36.8 Å². The molecule has 1 unspecified atom stereocenters. The second-order valence-electron chi connectivity index (χ2n) is 5.98. The summed E-state index contributed by atoms with van der Waals surface area (Å²) in [5.41, 5.74) is 1.11. The van der Waals surface area contributed by atoms with E-state index in [1.54, 1.807) is 0 Å². The lowest BCUT2D eigenvalue weighted by Gasteiger charge is -2.28. The number of carbonyl (C=O) groups is 2. The number of carboxylic acid groups (broad SMARTS) is 1. The third-order valence-corrected chi connectivity index (χ3v) is 4.73. The highest BCUT2D eigenvalue weighted by Gasteiger charge is 2.29. The van der Waals surface area contributed by atoms with E-state index >= 15 is 0 Å². The molecule has 22 heavy (non-hydrogen) atoms. The van der Waals surface area contributed by atoms with E-state index in [-0.39, 0.29) is 23.8 Å². The van der Waals surface area contributed by atoms with Gasteiger partial charge in [0.2, 0.25) is 5.91 Å². The van der Waals surface area contributed by atoms with E-state index in [0.29, 0.717) is 25.0 Å². The summed E-state index contributed by atoms with van der Waals surface area (Å²) in [4.78, 5) is 23.5. The SMILES string of the molecule is O=C(N[C@@H]1CCC[C@@H](C(=O)O)C1)C(CS)Cc1ccccc1. The smallest absolute Gasteiger partial charge is 0.306 e. The largest absolute Gasteiger partial charge is 0.481 e. The normalized spacial score (nSPS) is 22.8. The molecule has 0 aromatic heterocycles. The maximum atomic E-state index is 12.4. The number of rotatable bonds is 6. The number of aliphatic carboxylic acids is 1. The van der Waals surface area contributed by atoms with Crippen LogP contribution in [-0.2, 0) is 16.0 Å². The fourth-order valence-electron chi connectivity index (χ4n) is 3.00. The molecule has 1 saturated carbocycles. The van der Waals surface area contributed by atoms with Gasteiger partial charge < -0.3 is 10.4 Å². The van der Waals surface area contributed by atoms with Crippen LogP contribution in [0.25, 0.3) is 0 Å². The van der Waals surface area contributed by atoms with Crippen molar-refractivity contribution >= 4 is 24.5 Å². The third kappa shape index (κ3) is 4.77. The van der Waals surface area contributed by atoms with Gasteiger partial charge in [0.25, 0.3) is 0 Å². The second-order valence-corrected chi connectivity index (χ2v) is 6.34. The average Bonchev–Trinajstić information content (AvgIpc) is 2.53. The molecule has 0 aliphatic heterocycles. The monoisotopic (exact) mass is 321 g/mol. The van der Waals surface area contributed by atoms with Gasteiger partial charge in [0.1, 0.15) is 0 Å². The highest BCUT2D eigenvalue weighted by Crippen LogP contribution is 2.25. The lowest BCUT2D eigenvalue weighted by atomic mass is 9.85. The van der Waals surface area contributed by atoms with Crippen LogP contribution in [0.3, 0.4) is 0 Å². The Balaban J connectivity index is 1.90. The molecule has 5 heteroatoms. The fraction of sp³-hybridized carbons (Fsp3) is 0.529. The summed E-state index contributed by atoms with van der Waals surface area (Å²) in [7, 11) is 0. The molecule has 1 aromatic rings. The number of hydrogen-bond acceptors (Lipinski definition) is 3. The summed E-state index contributed by atoms with van der Waals surface area (Å²) in [5.74, 6) is -0.807. The molecule has 0 bridgehead atoms. The number of benzene rings is 1. The van der Waals surface area contributed by atoms with E-state index in [2.05, 4.69) is 17.9 Å². The fourth-order valence-corrected chi connectivity index (χ4v) is 3.30. The van der Waals surface area contributed by atoms with Crippen molar-refractivity contribution in [2.45, 2.75) is 38.1 Å². The van der Waals surface area contributed by atoms with Crippen LogP contribution in [0.4, 0.5) is 0 Å². The minimum absolute atomic E-state index is 0.0186. The molecule has 1 amide bonds. The van der Waals surface area contributed by atoms with Crippen LogP contribution < -0.4 is 5.32 Å². The van der Waals surface area contributed by atoms with Gasteiger partial charge in [0.05, 0.1) is 11.8 Å². The lowest BCUT2D eigenvalue weighted by molar-refractivity contribution is -0.143. The quantitative estimate of drug-likeness (QED) is 0.705. The first kappa shape index (κ1) is 16.9. The van der Waals surface area contributed by atoms with Crippen LogP contribution >= 0.6 is 12.6 Å². The molecule has 2 N–H and O–H groups in total. The van der Waals surface area contributed by atoms with E-state index < -0.39 is 5.97 Å². The Hall–Kier alpha value is -1.49. The molecule has 1 aromatic carbocycles. The number of hydrogen-bond donors (Lipinski definition) is 3. The van der Waals surface area contributed by atoms with Gasteiger partial charge in [-0.15, -0.1) is 0 Å². The maximum Gasteiger partial charge on any atom is 0.306 e. The first-order valence-corrected chi connectivity index (χ1v) is 8.41. The van der Waals surface area contributed by atoms with Gasteiger partial charge in [-0.2, -0.15) is 12.6 Å². The summed E-state index contributed by atoms with van der Waals surface area (Å²) < 4.78 is 0. The van der Waals surface area contributed by atoms with E-state index in [1.165, 1.54) is 0 Å². The van der Waals surface area contributed by atoms with Crippen LogP contribution in [0.5, 0.6) is 0 Å². The Labute approximate surface area is 136 Å². The first-order valence-electron chi connectivity index (χ1n) is 7.78. The molecule has 0 saturated heterocycles. The van der Waals surface area contributed by atoms with Gasteiger partial charge >= 0.3 is 5.97 Å². The molecule has 1 aliphatic rings. The van der Waals surface area contributed by atoms with Gasteiger partial charge in [-0.3, -0.25) is 9.59 Å². The van der Waals surface area contributed by atoms with Crippen LogP contribution in [0.1, 0.15) is 31.2 Å². The maximum absolute atomic E-state index is 12.4. The van der Waals surface area contributed by atoms with Crippen molar-refractivity contribution < 1.29 is 14.7 Å². The first-order chi connectivity index (χ1) is 10.6. The highest BCUT2D eigenvalue weighted by molar-refractivity contribution is 7.80. The summed E-state index contributed by atoms with van der Waals surface area (Å²) in [5, 5.41) is 12.1. The Morgan fingerprint density at radius 2 is 2.00 bits per heavy atom. The van der Waals surface area contributed by atoms with E-state index in [4.69, 9.17) is 5.11 Å². The zero-order valence-electron chi connectivity index (χ0n) is 12.6. The molecule has 0 spiro atoms. The molecule has 4 nitrogen and oxygen atoms in total. The lowest BCUT2D eigenvalue weighted by Crippen LogP contribution is -2.43. The molecule has 1 aliphatic carbocycles. The van der Waals surface area contributed by atoms with Crippen molar-refractivity contribution in [3.05, 3.63) is 35.9 Å². The molecule has 120 valence electrons. The molecule has 3 atom stereocenters. The van der Waals surface area contributed by atoms with Crippen LogP contribution in [0.2, 0.25) is 0 Å². The average molecular weight is 321 g/mol. The van der Waals surface area contributed by atoms with E-state index in [9.17, 15) is 9.59 Å². The predicted molar refractivity (Wildman–Crippen MR) is 89.0 cm³/mol. The van der Waals surface area contributed by atoms with Gasteiger partial charge in [0, 0.05) is 11.8 Å².